The van der Waals surface area contributed by atoms with Gasteiger partial charge in [-0.05, 0) is 54.3 Å². The molecule has 36 heavy (non-hydrogen) atoms. The second kappa shape index (κ2) is 11.9. The summed E-state index contributed by atoms with van der Waals surface area (Å²) in [6, 6.07) is 7.33. The van der Waals surface area contributed by atoms with Crippen molar-refractivity contribution in [3.8, 4) is 0 Å². The topological polar surface area (TPSA) is 132 Å². The Morgan fingerprint density at radius 2 is 2.11 bits per heavy atom. The van der Waals surface area contributed by atoms with Crippen molar-refractivity contribution in [2.75, 3.05) is 6.61 Å². The van der Waals surface area contributed by atoms with Gasteiger partial charge in [0.1, 0.15) is 6.33 Å². The number of aliphatic hydroxyl groups is 1. The first-order valence-electron chi connectivity index (χ1n) is 10.9. The summed E-state index contributed by atoms with van der Waals surface area (Å²) in [6.45, 7) is -0.178. The monoisotopic (exact) mass is 587 g/mol. The van der Waals surface area contributed by atoms with Crippen molar-refractivity contribution in [1.82, 2.24) is 9.97 Å². The maximum absolute atomic E-state index is 13.3. The van der Waals surface area contributed by atoms with E-state index in [0.717, 1.165) is 10.5 Å². The van der Waals surface area contributed by atoms with Crippen LogP contribution in [-0.4, -0.2) is 42.0 Å². The molecule has 1 fully saturated rings. The number of carbonyl (C=O) groups is 1. The molecule has 2 heterocycles. The third kappa shape index (κ3) is 7.05. The number of thiophene rings is 1. The van der Waals surface area contributed by atoms with E-state index in [1.165, 1.54) is 23.9 Å². The number of halogens is 2. The number of thioether (sulfide) groups is 1. The lowest BCUT2D eigenvalue weighted by Crippen LogP contribution is -2.24. The van der Waals surface area contributed by atoms with Crippen LogP contribution in [0, 0.1) is 11.8 Å². The molecule has 2 aromatic heterocycles. The number of nitrogens with two attached hydrogens (primary N) is 1. The molecule has 0 bridgehead atoms. The van der Waals surface area contributed by atoms with E-state index in [2.05, 4.69) is 14.2 Å². The zero-order valence-corrected chi connectivity index (χ0v) is 22.8. The first-order chi connectivity index (χ1) is 17.1. The average molecular weight is 589 g/mol. The van der Waals surface area contributed by atoms with Crippen molar-refractivity contribution in [2.24, 2.45) is 17.0 Å². The summed E-state index contributed by atoms with van der Waals surface area (Å²) in [4.78, 5) is 23.1. The Hall–Kier alpha value is -1.57. The van der Waals surface area contributed by atoms with Crippen LogP contribution >= 0.6 is 46.3 Å². The van der Waals surface area contributed by atoms with E-state index in [1.54, 1.807) is 17.8 Å². The molecule has 192 valence electrons. The molecular weight excluding hydrogens is 565 g/mol. The fourth-order valence-corrected chi connectivity index (χ4v) is 6.94. The van der Waals surface area contributed by atoms with Gasteiger partial charge in [-0.1, -0.05) is 29.3 Å². The normalized spacial score (nSPS) is 20.1. The number of hydrogen-bond donors (Lipinski definition) is 2. The van der Waals surface area contributed by atoms with Crippen LogP contribution in [0.4, 0.5) is 0 Å². The van der Waals surface area contributed by atoms with Gasteiger partial charge in [0, 0.05) is 22.8 Å². The number of hydrogen-bond acceptors (Lipinski definition) is 9. The maximum Gasteiger partial charge on any atom is 0.333 e. The smallest absolute Gasteiger partial charge is 0.333 e. The molecule has 1 aliphatic rings. The Morgan fingerprint density at radius 1 is 1.31 bits per heavy atom. The summed E-state index contributed by atoms with van der Waals surface area (Å²) < 4.78 is 26.8. The molecule has 1 saturated carbocycles. The van der Waals surface area contributed by atoms with Gasteiger partial charge in [-0.2, -0.15) is 8.42 Å². The molecule has 3 N–H and O–H groups in total. The molecule has 0 saturated heterocycles. The van der Waals surface area contributed by atoms with E-state index in [0.29, 0.717) is 51.2 Å². The van der Waals surface area contributed by atoms with Gasteiger partial charge in [0.15, 0.2) is 0 Å². The molecule has 4 rings (SSSR count). The van der Waals surface area contributed by atoms with Gasteiger partial charge < -0.3 is 5.11 Å². The zero-order valence-electron chi connectivity index (χ0n) is 18.8. The SMILES string of the molecule is NS(=O)(=O)OC[C@H]1C[C@@H](Cc2ncncc2C(=O)c2cc(CSc3cccc(Cl)c3Cl)cs2)C[C@@H]1O. The van der Waals surface area contributed by atoms with Crippen LogP contribution in [0.2, 0.25) is 10.0 Å². The predicted octanol–water partition coefficient (Wildman–Crippen LogP) is 4.52. The molecule has 0 spiro atoms. The minimum absolute atomic E-state index is 0.00766. The Bertz CT molecular complexity index is 1350. The minimum atomic E-state index is -4.07. The first kappa shape index (κ1) is 27.5. The van der Waals surface area contributed by atoms with E-state index >= 15 is 0 Å². The molecule has 0 radical (unpaired) electrons. The second-order valence-electron chi connectivity index (χ2n) is 8.52. The zero-order chi connectivity index (χ0) is 25.9. The van der Waals surface area contributed by atoms with Gasteiger partial charge in [0.2, 0.25) is 5.78 Å². The minimum Gasteiger partial charge on any atom is -0.393 e. The van der Waals surface area contributed by atoms with Crippen molar-refractivity contribution in [2.45, 2.75) is 36.0 Å². The van der Waals surface area contributed by atoms with Crippen molar-refractivity contribution in [1.29, 1.82) is 0 Å². The fourth-order valence-electron chi connectivity index (χ4n) is 4.18. The summed E-state index contributed by atoms with van der Waals surface area (Å²) in [5, 5.41) is 18.2. The number of carbonyl (C=O) groups excluding carboxylic acids is 1. The summed E-state index contributed by atoms with van der Waals surface area (Å²) in [5.41, 5.74) is 1.99. The van der Waals surface area contributed by atoms with Crippen LogP contribution in [0.3, 0.4) is 0 Å². The largest absolute Gasteiger partial charge is 0.393 e. The molecule has 1 aliphatic carbocycles. The van der Waals surface area contributed by atoms with Crippen LogP contribution in [0.15, 0.2) is 47.1 Å². The standard InChI is InChI=1S/C23H23Cl2N3O5S3/c24-17-2-1-3-20(22(17)25)34-10-14-7-21(35-11-14)23(30)16-8-27-12-28-18(16)5-13-4-15(19(29)6-13)9-33-36(26,31)32/h1-3,7-8,11-13,15,19,29H,4-6,9-10H2,(H2,26,31,32)/t13-,15+,19-/m0/s1. The van der Waals surface area contributed by atoms with Crippen LogP contribution in [0.25, 0.3) is 0 Å². The number of aromatic nitrogens is 2. The third-order valence-corrected chi connectivity index (χ3v) is 9.41. The number of aliphatic hydroxyl groups excluding tert-OH is 1. The van der Waals surface area contributed by atoms with Crippen molar-refractivity contribution < 1.29 is 22.5 Å². The Labute approximate surface area is 227 Å². The van der Waals surface area contributed by atoms with Crippen LogP contribution in [0.5, 0.6) is 0 Å². The molecule has 0 amide bonds. The Balaban J connectivity index is 1.41. The predicted molar refractivity (Wildman–Crippen MR) is 141 cm³/mol. The van der Waals surface area contributed by atoms with Crippen LogP contribution in [-0.2, 0) is 26.7 Å². The van der Waals surface area contributed by atoms with Gasteiger partial charge in [0.05, 0.1) is 38.9 Å². The molecule has 0 unspecified atom stereocenters. The highest BCUT2D eigenvalue weighted by Crippen LogP contribution is 2.36. The highest BCUT2D eigenvalue weighted by Gasteiger charge is 2.35. The van der Waals surface area contributed by atoms with Gasteiger partial charge in [-0.3, -0.25) is 8.98 Å². The Kier molecular flexibility index (Phi) is 9.05. The second-order valence-corrected chi connectivity index (χ2v) is 12.5. The van der Waals surface area contributed by atoms with Crippen molar-refractivity contribution >= 4 is 62.4 Å². The van der Waals surface area contributed by atoms with E-state index in [1.807, 2.05) is 23.6 Å². The van der Waals surface area contributed by atoms with E-state index in [-0.39, 0.29) is 24.2 Å². The molecule has 13 heteroatoms. The highest BCUT2D eigenvalue weighted by atomic mass is 35.5. The number of nitrogens with zero attached hydrogens (tertiary/aromatic N) is 2. The molecule has 1 aromatic carbocycles. The summed E-state index contributed by atoms with van der Waals surface area (Å²) >= 11 is 15.2. The van der Waals surface area contributed by atoms with E-state index in [9.17, 15) is 18.3 Å². The van der Waals surface area contributed by atoms with Crippen molar-refractivity contribution in [3.05, 3.63) is 73.9 Å². The lowest BCUT2D eigenvalue weighted by atomic mass is 9.96. The fraction of sp³-hybridized carbons (Fsp3) is 0.348. The van der Waals surface area contributed by atoms with E-state index < -0.39 is 16.4 Å². The number of benzene rings is 1. The third-order valence-electron chi connectivity index (χ3n) is 5.91. The molecular formula is C23H23Cl2N3O5S3. The maximum atomic E-state index is 13.3. The van der Waals surface area contributed by atoms with Gasteiger partial charge in [-0.15, -0.1) is 23.1 Å². The number of ketones is 1. The summed E-state index contributed by atoms with van der Waals surface area (Å²) in [5.74, 6) is 0.109. The van der Waals surface area contributed by atoms with Crippen LogP contribution in [0.1, 0.15) is 39.3 Å². The molecule has 0 aliphatic heterocycles. The Morgan fingerprint density at radius 3 is 2.89 bits per heavy atom. The lowest BCUT2D eigenvalue weighted by molar-refractivity contribution is 0.100. The molecule has 3 atom stereocenters. The van der Waals surface area contributed by atoms with Gasteiger partial charge in [0.25, 0.3) is 0 Å². The highest BCUT2D eigenvalue weighted by molar-refractivity contribution is 7.98. The number of rotatable bonds is 10. The lowest BCUT2D eigenvalue weighted by Gasteiger charge is -2.13. The first-order valence-corrected chi connectivity index (χ1v) is 15.0. The van der Waals surface area contributed by atoms with Crippen molar-refractivity contribution in [3.63, 3.8) is 0 Å². The molecule has 3 aromatic rings. The molecule has 8 nitrogen and oxygen atoms in total. The average Bonchev–Trinajstić information content (AvgIpc) is 3.44. The van der Waals surface area contributed by atoms with Crippen LogP contribution < -0.4 is 5.14 Å². The van der Waals surface area contributed by atoms with Gasteiger partial charge >= 0.3 is 10.3 Å². The van der Waals surface area contributed by atoms with E-state index in [4.69, 9.17) is 28.3 Å². The summed E-state index contributed by atoms with van der Waals surface area (Å²) in [6.07, 6.45) is 3.61. The van der Waals surface area contributed by atoms with Gasteiger partial charge in [-0.25, -0.2) is 15.1 Å². The quantitative estimate of drug-likeness (QED) is 0.261. The summed E-state index contributed by atoms with van der Waals surface area (Å²) in [7, 11) is -4.07.